The Labute approximate surface area is 143 Å². The van der Waals surface area contributed by atoms with Crippen molar-refractivity contribution < 1.29 is 9.90 Å². The molecule has 1 fully saturated rings. The van der Waals surface area contributed by atoms with Gasteiger partial charge < -0.3 is 15.3 Å². The fourth-order valence-corrected chi connectivity index (χ4v) is 3.35. The van der Waals surface area contributed by atoms with E-state index in [4.69, 9.17) is 5.11 Å². The van der Waals surface area contributed by atoms with Crippen molar-refractivity contribution in [3.8, 4) is 11.1 Å². The second-order valence-corrected chi connectivity index (χ2v) is 6.38. The number of benzene rings is 2. The van der Waals surface area contributed by atoms with Gasteiger partial charge in [0.1, 0.15) is 0 Å². The summed E-state index contributed by atoms with van der Waals surface area (Å²) in [4.78, 5) is 14.4. The molecule has 1 aliphatic heterocycles. The van der Waals surface area contributed by atoms with E-state index < -0.39 is 0 Å². The average molecular weight is 324 g/mol. The van der Waals surface area contributed by atoms with Crippen LogP contribution in [-0.4, -0.2) is 35.2 Å². The van der Waals surface area contributed by atoms with Crippen molar-refractivity contribution in [2.45, 2.75) is 32.2 Å². The number of carbonyl (C=O) groups is 1. The second kappa shape index (κ2) is 7.49. The largest absolute Gasteiger partial charge is 0.396 e. The number of carbonyl (C=O) groups excluding carboxylic acids is 1. The number of amides is 2. The molecule has 24 heavy (non-hydrogen) atoms. The summed E-state index contributed by atoms with van der Waals surface area (Å²) in [5.41, 5.74) is 4.25. The van der Waals surface area contributed by atoms with Crippen molar-refractivity contribution in [1.29, 1.82) is 0 Å². The maximum Gasteiger partial charge on any atom is 0.322 e. The van der Waals surface area contributed by atoms with Crippen molar-refractivity contribution in [3.63, 3.8) is 0 Å². The summed E-state index contributed by atoms with van der Waals surface area (Å²) in [6, 6.07) is 16.3. The molecular formula is C20H24N2O2. The Balaban J connectivity index is 1.74. The number of likely N-dealkylation sites (tertiary alicyclic amines) is 1. The Kier molecular flexibility index (Phi) is 5.16. The van der Waals surface area contributed by atoms with Crippen molar-refractivity contribution in [3.05, 3.63) is 54.1 Å². The quantitative estimate of drug-likeness (QED) is 0.892. The summed E-state index contributed by atoms with van der Waals surface area (Å²) in [5.74, 6) is 0. The van der Waals surface area contributed by atoms with Crippen LogP contribution in [0.3, 0.4) is 0 Å². The van der Waals surface area contributed by atoms with Crippen LogP contribution in [0, 0.1) is 6.92 Å². The Hall–Kier alpha value is -2.33. The molecule has 0 spiro atoms. The van der Waals surface area contributed by atoms with Crippen molar-refractivity contribution in [1.82, 2.24) is 4.90 Å². The fraction of sp³-hybridized carbons (Fsp3) is 0.350. The highest BCUT2D eigenvalue weighted by Gasteiger charge is 2.28. The first-order valence-electron chi connectivity index (χ1n) is 8.53. The molecule has 0 aliphatic carbocycles. The van der Waals surface area contributed by atoms with E-state index in [1.165, 1.54) is 5.56 Å². The molecule has 1 atom stereocenters. The first-order valence-corrected chi connectivity index (χ1v) is 8.53. The van der Waals surface area contributed by atoms with E-state index in [-0.39, 0.29) is 18.7 Å². The number of aliphatic hydroxyl groups is 1. The predicted molar refractivity (Wildman–Crippen MR) is 97.1 cm³/mol. The van der Waals surface area contributed by atoms with E-state index in [0.717, 1.165) is 36.2 Å². The first-order chi connectivity index (χ1) is 11.7. The minimum atomic E-state index is -0.0765. The molecular weight excluding hydrogens is 300 g/mol. The van der Waals surface area contributed by atoms with Crippen LogP contribution in [0.1, 0.15) is 24.8 Å². The third-order valence-corrected chi connectivity index (χ3v) is 4.57. The van der Waals surface area contributed by atoms with Gasteiger partial charge in [-0.2, -0.15) is 0 Å². The summed E-state index contributed by atoms with van der Waals surface area (Å²) in [6.45, 7) is 2.95. The van der Waals surface area contributed by atoms with Crippen LogP contribution in [0.4, 0.5) is 10.5 Å². The van der Waals surface area contributed by atoms with Crippen molar-refractivity contribution in [2.75, 3.05) is 18.5 Å². The lowest BCUT2D eigenvalue weighted by atomic mass is 10.0. The number of aliphatic hydroxyl groups excluding tert-OH is 1. The van der Waals surface area contributed by atoms with Gasteiger partial charge in [0.2, 0.25) is 0 Å². The zero-order valence-electron chi connectivity index (χ0n) is 14.0. The van der Waals surface area contributed by atoms with E-state index in [2.05, 4.69) is 36.5 Å². The summed E-state index contributed by atoms with van der Waals surface area (Å²) < 4.78 is 0. The number of anilines is 1. The highest BCUT2D eigenvalue weighted by atomic mass is 16.3. The van der Waals surface area contributed by atoms with Crippen LogP contribution in [0.2, 0.25) is 0 Å². The highest BCUT2D eigenvalue weighted by molar-refractivity contribution is 5.90. The van der Waals surface area contributed by atoms with Gasteiger partial charge in [-0.05, 0) is 49.4 Å². The Bertz CT molecular complexity index is 714. The standard InChI is InChI=1S/C20H24N2O2/c1-15-5-2-6-16(13-15)17-7-3-8-18(14-17)21-20(24)22-11-4-9-19(22)10-12-23/h2-3,5-8,13-14,19,23H,4,9-12H2,1H3,(H,21,24)/t19-/m1/s1. The Morgan fingerprint density at radius 3 is 2.71 bits per heavy atom. The van der Waals surface area contributed by atoms with E-state index in [1.807, 2.05) is 29.2 Å². The van der Waals surface area contributed by atoms with Crippen LogP contribution >= 0.6 is 0 Å². The highest BCUT2D eigenvalue weighted by Crippen LogP contribution is 2.25. The summed E-state index contributed by atoms with van der Waals surface area (Å²) >= 11 is 0. The van der Waals surface area contributed by atoms with E-state index >= 15 is 0 Å². The average Bonchev–Trinajstić information content (AvgIpc) is 3.04. The van der Waals surface area contributed by atoms with Gasteiger partial charge in [0, 0.05) is 24.9 Å². The zero-order valence-corrected chi connectivity index (χ0v) is 14.0. The van der Waals surface area contributed by atoms with Gasteiger partial charge in [0.15, 0.2) is 0 Å². The van der Waals surface area contributed by atoms with E-state index in [1.54, 1.807) is 0 Å². The van der Waals surface area contributed by atoms with E-state index in [9.17, 15) is 4.79 Å². The third kappa shape index (κ3) is 3.77. The minimum absolute atomic E-state index is 0.0765. The third-order valence-electron chi connectivity index (χ3n) is 4.57. The predicted octanol–water partition coefficient (Wildman–Crippen LogP) is 4.04. The molecule has 0 unspecified atom stereocenters. The lowest BCUT2D eigenvalue weighted by Gasteiger charge is -2.24. The molecule has 126 valence electrons. The minimum Gasteiger partial charge on any atom is -0.396 e. The number of hydrogen-bond donors (Lipinski definition) is 2. The van der Waals surface area contributed by atoms with Gasteiger partial charge in [0.25, 0.3) is 0 Å². The molecule has 0 radical (unpaired) electrons. The normalized spacial score (nSPS) is 17.1. The van der Waals surface area contributed by atoms with Crippen LogP contribution in [0.15, 0.2) is 48.5 Å². The van der Waals surface area contributed by atoms with E-state index in [0.29, 0.717) is 6.42 Å². The number of urea groups is 1. The van der Waals surface area contributed by atoms with Crippen molar-refractivity contribution in [2.24, 2.45) is 0 Å². The summed E-state index contributed by atoms with van der Waals surface area (Å²) in [6.07, 6.45) is 2.62. The number of hydrogen-bond acceptors (Lipinski definition) is 2. The molecule has 0 bridgehead atoms. The Morgan fingerprint density at radius 1 is 1.21 bits per heavy atom. The van der Waals surface area contributed by atoms with Crippen LogP contribution < -0.4 is 5.32 Å². The molecule has 0 aromatic heterocycles. The van der Waals surface area contributed by atoms with Gasteiger partial charge in [0.05, 0.1) is 0 Å². The number of aryl methyl sites for hydroxylation is 1. The van der Waals surface area contributed by atoms with Crippen LogP contribution in [0.5, 0.6) is 0 Å². The molecule has 1 heterocycles. The van der Waals surface area contributed by atoms with Gasteiger partial charge in [-0.25, -0.2) is 4.79 Å². The molecule has 1 aliphatic rings. The number of nitrogens with zero attached hydrogens (tertiary/aromatic N) is 1. The Morgan fingerprint density at radius 2 is 1.96 bits per heavy atom. The molecule has 0 saturated carbocycles. The zero-order chi connectivity index (χ0) is 16.9. The maximum atomic E-state index is 12.5. The van der Waals surface area contributed by atoms with Crippen molar-refractivity contribution >= 4 is 11.7 Å². The molecule has 1 saturated heterocycles. The van der Waals surface area contributed by atoms with Gasteiger partial charge in [-0.3, -0.25) is 0 Å². The molecule has 4 heteroatoms. The second-order valence-electron chi connectivity index (χ2n) is 6.38. The lowest BCUT2D eigenvalue weighted by Crippen LogP contribution is -2.39. The topological polar surface area (TPSA) is 52.6 Å². The summed E-state index contributed by atoms with van der Waals surface area (Å²) in [5, 5.41) is 12.1. The van der Waals surface area contributed by atoms with Crippen LogP contribution in [0.25, 0.3) is 11.1 Å². The number of rotatable bonds is 4. The van der Waals surface area contributed by atoms with Gasteiger partial charge >= 0.3 is 6.03 Å². The monoisotopic (exact) mass is 324 g/mol. The molecule has 4 nitrogen and oxygen atoms in total. The molecule has 2 aromatic carbocycles. The first kappa shape index (κ1) is 16.5. The van der Waals surface area contributed by atoms with Gasteiger partial charge in [-0.1, -0.05) is 42.0 Å². The van der Waals surface area contributed by atoms with Crippen LogP contribution in [-0.2, 0) is 0 Å². The molecule has 2 N–H and O–H groups in total. The lowest BCUT2D eigenvalue weighted by molar-refractivity contribution is 0.189. The molecule has 3 rings (SSSR count). The van der Waals surface area contributed by atoms with Gasteiger partial charge in [-0.15, -0.1) is 0 Å². The smallest absolute Gasteiger partial charge is 0.322 e. The molecule has 2 aromatic rings. The SMILES string of the molecule is Cc1cccc(-c2cccc(NC(=O)N3CCC[C@@H]3CCO)c2)c1. The molecule has 2 amide bonds. The number of nitrogens with one attached hydrogen (secondary N) is 1. The maximum absolute atomic E-state index is 12.5. The fourth-order valence-electron chi connectivity index (χ4n) is 3.35. The summed E-state index contributed by atoms with van der Waals surface area (Å²) in [7, 11) is 0.